The molecule has 0 aromatic carbocycles. The quantitative estimate of drug-likeness (QED) is 0.421. The van der Waals surface area contributed by atoms with E-state index in [0.717, 1.165) is 0 Å². The van der Waals surface area contributed by atoms with Crippen LogP contribution in [0.5, 0.6) is 0 Å². The SMILES string of the molecule is C=S(=O)(Cl)OCC. The second-order valence-electron chi connectivity index (χ2n) is 0.945. The van der Waals surface area contributed by atoms with Crippen LogP contribution in [0, 0.1) is 0 Å². The summed E-state index contributed by atoms with van der Waals surface area (Å²) >= 11 is 0. The van der Waals surface area contributed by atoms with Gasteiger partial charge >= 0.3 is 0 Å². The van der Waals surface area contributed by atoms with Gasteiger partial charge in [-0.1, -0.05) is 0 Å². The molecule has 0 amide bonds. The predicted molar refractivity (Wildman–Crippen MR) is 32.7 cm³/mol. The third kappa shape index (κ3) is 6.27. The first-order valence-electron chi connectivity index (χ1n) is 1.77. The number of rotatable bonds is 2. The summed E-state index contributed by atoms with van der Waals surface area (Å²) in [7, 11) is 2.33. The van der Waals surface area contributed by atoms with Crippen molar-refractivity contribution in [3.05, 3.63) is 0 Å². The highest BCUT2D eigenvalue weighted by molar-refractivity contribution is 8.17. The lowest BCUT2D eigenvalue weighted by Crippen LogP contribution is -1.93. The molecule has 2 nitrogen and oxygen atoms in total. The van der Waals surface area contributed by atoms with Gasteiger partial charge in [0.1, 0.15) is 0 Å². The number of hydrogen-bond donors (Lipinski definition) is 0. The van der Waals surface area contributed by atoms with E-state index in [0.29, 0.717) is 6.61 Å². The van der Waals surface area contributed by atoms with E-state index in [1.165, 1.54) is 0 Å². The molecule has 7 heavy (non-hydrogen) atoms. The molecule has 0 rings (SSSR count). The number of hydrogen-bond acceptors (Lipinski definition) is 2. The van der Waals surface area contributed by atoms with E-state index in [1.807, 2.05) is 0 Å². The smallest absolute Gasteiger partial charge is 0.162 e. The van der Waals surface area contributed by atoms with E-state index in [9.17, 15) is 4.21 Å². The predicted octanol–water partition coefficient (Wildman–Crippen LogP) is 0.808. The van der Waals surface area contributed by atoms with Gasteiger partial charge in [-0.25, -0.2) is 4.21 Å². The second-order valence-corrected chi connectivity index (χ2v) is 3.67. The van der Waals surface area contributed by atoms with Gasteiger partial charge in [0.05, 0.1) is 6.61 Å². The van der Waals surface area contributed by atoms with Crippen LogP contribution in [-0.2, 0) is 13.2 Å². The molecule has 1 unspecified atom stereocenters. The van der Waals surface area contributed by atoms with Gasteiger partial charge in [-0.2, -0.15) is 0 Å². The van der Waals surface area contributed by atoms with Crippen LogP contribution in [0.15, 0.2) is 0 Å². The minimum atomic E-state index is -2.70. The average molecular weight is 143 g/mol. The van der Waals surface area contributed by atoms with Crippen LogP contribution in [0.1, 0.15) is 6.92 Å². The van der Waals surface area contributed by atoms with E-state index < -0.39 is 9.02 Å². The lowest BCUT2D eigenvalue weighted by atomic mass is 10.9. The standard InChI is InChI=1S/C3H7ClO2S/c1-3-6-7(2,4)5/h2-3H2,1H3. The molecule has 0 bridgehead atoms. The molecule has 0 radical (unpaired) electrons. The first-order valence-corrected chi connectivity index (χ1v) is 4.25. The molecule has 0 spiro atoms. The van der Waals surface area contributed by atoms with E-state index in [-0.39, 0.29) is 0 Å². The van der Waals surface area contributed by atoms with Crippen LogP contribution < -0.4 is 0 Å². The van der Waals surface area contributed by atoms with Gasteiger partial charge in [-0.15, -0.1) is 0 Å². The first kappa shape index (κ1) is 7.27. The lowest BCUT2D eigenvalue weighted by molar-refractivity contribution is 0.378. The molecule has 0 saturated heterocycles. The topological polar surface area (TPSA) is 26.3 Å². The Hall–Kier alpha value is 0.270. The van der Waals surface area contributed by atoms with Gasteiger partial charge in [0.2, 0.25) is 0 Å². The van der Waals surface area contributed by atoms with Crippen molar-refractivity contribution in [2.24, 2.45) is 0 Å². The van der Waals surface area contributed by atoms with Crippen molar-refractivity contribution in [2.75, 3.05) is 6.61 Å². The summed E-state index contributed by atoms with van der Waals surface area (Å²) in [6, 6.07) is 0. The molecule has 0 aromatic rings. The maximum absolute atomic E-state index is 10.2. The Bertz CT molecular complexity index is 126. The van der Waals surface area contributed by atoms with Crippen LogP contribution in [0.2, 0.25) is 0 Å². The zero-order chi connectivity index (χ0) is 5.91. The zero-order valence-corrected chi connectivity index (χ0v) is 5.59. The summed E-state index contributed by atoms with van der Waals surface area (Å²) in [4.78, 5) is 0. The van der Waals surface area contributed by atoms with Gasteiger partial charge in [-0.3, -0.25) is 4.18 Å². The summed E-state index contributed by atoms with van der Waals surface area (Å²) < 4.78 is 14.6. The fourth-order valence-electron chi connectivity index (χ4n) is 0.176. The average Bonchev–Trinajstić information content (AvgIpc) is 1.30. The molecule has 0 heterocycles. The van der Waals surface area contributed by atoms with Crippen molar-refractivity contribution in [2.45, 2.75) is 6.92 Å². The van der Waals surface area contributed by atoms with Crippen LogP contribution in [0.4, 0.5) is 0 Å². The Labute approximate surface area is 48.1 Å². The molecule has 0 saturated carbocycles. The fourth-order valence-corrected chi connectivity index (χ4v) is 0.795. The summed E-state index contributed by atoms with van der Waals surface area (Å²) in [5.41, 5.74) is 0. The first-order chi connectivity index (χ1) is 3.06. The maximum atomic E-state index is 10.2. The Morgan fingerprint density at radius 2 is 2.43 bits per heavy atom. The third-order valence-corrected chi connectivity index (χ3v) is 1.15. The molecule has 4 heteroatoms. The second kappa shape index (κ2) is 2.55. The van der Waals surface area contributed by atoms with Crippen LogP contribution in [0.3, 0.4) is 0 Å². The monoisotopic (exact) mass is 142 g/mol. The Morgan fingerprint density at radius 3 is 2.43 bits per heavy atom. The van der Waals surface area contributed by atoms with Gasteiger partial charge < -0.3 is 0 Å². The van der Waals surface area contributed by atoms with E-state index in [2.05, 4.69) is 10.1 Å². The van der Waals surface area contributed by atoms with Gasteiger partial charge in [0.15, 0.2) is 9.02 Å². The van der Waals surface area contributed by atoms with Crippen LogP contribution in [0.25, 0.3) is 0 Å². The molecule has 0 fully saturated rings. The van der Waals surface area contributed by atoms with Crippen molar-refractivity contribution in [3.63, 3.8) is 0 Å². The summed E-state index contributed by atoms with van der Waals surface area (Å²) in [6.45, 7) is 2.04. The van der Waals surface area contributed by atoms with Crippen molar-refractivity contribution in [3.8, 4) is 0 Å². The molecule has 0 aliphatic rings. The van der Waals surface area contributed by atoms with E-state index in [4.69, 9.17) is 10.7 Å². The van der Waals surface area contributed by atoms with Gasteiger partial charge in [0.25, 0.3) is 0 Å². The fraction of sp³-hybridized carbons (Fsp3) is 0.667. The van der Waals surface area contributed by atoms with Crippen LogP contribution in [-0.4, -0.2) is 16.7 Å². The molecule has 1 atom stereocenters. The third-order valence-electron chi connectivity index (χ3n) is 0.294. The van der Waals surface area contributed by atoms with E-state index in [1.54, 1.807) is 6.92 Å². The molecule has 44 valence electrons. The van der Waals surface area contributed by atoms with Crippen molar-refractivity contribution in [1.29, 1.82) is 0 Å². The highest BCUT2D eigenvalue weighted by atomic mass is 35.7. The maximum Gasteiger partial charge on any atom is 0.162 e. The molecule has 0 N–H and O–H groups in total. The van der Waals surface area contributed by atoms with Crippen LogP contribution >= 0.6 is 10.7 Å². The number of halogens is 1. The summed E-state index contributed by atoms with van der Waals surface area (Å²) in [6.07, 6.45) is 0. The van der Waals surface area contributed by atoms with E-state index >= 15 is 0 Å². The van der Waals surface area contributed by atoms with Gasteiger partial charge in [-0.05, 0) is 12.8 Å². The van der Waals surface area contributed by atoms with Crippen molar-refractivity contribution < 1.29 is 8.39 Å². The molecular weight excluding hydrogens is 136 g/mol. The minimum absolute atomic E-state index is 0.339. The molecular formula is C3H7ClO2S. The highest BCUT2D eigenvalue weighted by Gasteiger charge is 1.90. The largest absolute Gasteiger partial charge is 0.287 e. The Kier molecular flexibility index (Phi) is 2.64. The zero-order valence-electron chi connectivity index (χ0n) is 4.02. The Balaban J connectivity index is 3.60. The lowest BCUT2D eigenvalue weighted by Gasteiger charge is -1.93. The highest BCUT2D eigenvalue weighted by Crippen LogP contribution is 1.95. The molecule has 0 aliphatic carbocycles. The summed E-state index contributed by atoms with van der Waals surface area (Å²) in [5, 5.41) is 0. The summed E-state index contributed by atoms with van der Waals surface area (Å²) in [5.74, 6) is 3.03. The normalized spacial score (nSPS) is 18.6. The minimum Gasteiger partial charge on any atom is -0.287 e. The van der Waals surface area contributed by atoms with Gasteiger partial charge in [0, 0.05) is 10.7 Å². The van der Waals surface area contributed by atoms with Crippen molar-refractivity contribution in [1.82, 2.24) is 0 Å². The molecule has 0 aliphatic heterocycles. The van der Waals surface area contributed by atoms with Crippen molar-refractivity contribution >= 4 is 25.6 Å². The Morgan fingerprint density at radius 1 is 2.00 bits per heavy atom. The molecule has 0 aromatic heterocycles.